The normalized spacial score (nSPS) is 20.1. The van der Waals surface area contributed by atoms with Crippen molar-refractivity contribution in [2.45, 2.75) is 37.8 Å². The van der Waals surface area contributed by atoms with Gasteiger partial charge in [0.25, 0.3) is 5.91 Å². The Labute approximate surface area is 155 Å². The molecule has 0 radical (unpaired) electrons. The molecule has 136 valence electrons. The SMILES string of the molecule is O=C(N[C@H]1CC[C@H](n2cnc3cnc4[nH]ccc4c32)CC1)c1ccncc1. The molecule has 0 atom stereocenters. The molecule has 5 rings (SSSR count). The lowest BCUT2D eigenvalue weighted by Crippen LogP contribution is -2.37. The molecule has 1 aliphatic rings. The molecule has 4 heterocycles. The van der Waals surface area contributed by atoms with Gasteiger partial charge < -0.3 is 14.9 Å². The molecule has 2 N–H and O–H groups in total. The minimum Gasteiger partial charge on any atom is -0.349 e. The van der Waals surface area contributed by atoms with Gasteiger partial charge in [0.1, 0.15) is 11.2 Å². The van der Waals surface area contributed by atoms with Gasteiger partial charge in [0.15, 0.2) is 0 Å². The highest BCUT2D eigenvalue weighted by Crippen LogP contribution is 2.33. The van der Waals surface area contributed by atoms with E-state index < -0.39 is 0 Å². The highest BCUT2D eigenvalue weighted by Gasteiger charge is 2.25. The summed E-state index contributed by atoms with van der Waals surface area (Å²) in [5, 5.41) is 4.27. The van der Waals surface area contributed by atoms with Crippen molar-refractivity contribution in [1.29, 1.82) is 0 Å². The number of hydrogen-bond donors (Lipinski definition) is 2. The predicted molar refractivity (Wildman–Crippen MR) is 102 cm³/mol. The highest BCUT2D eigenvalue weighted by molar-refractivity contribution is 6.01. The maximum absolute atomic E-state index is 12.4. The van der Waals surface area contributed by atoms with Gasteiger partial charge in [0, 0.05) is 41.6 Å². The molecule has 7 nitrogen and oxygen atoms in total. The largest absolute Gasteiger partial charge is 0.349 e. The first kappa shape index (κ1) is 16.0. The number of hydrogen-bond acceptors (Lipinski definition) is 4. The molecular weight excluding hydrogens is 340 g/mol. The van der Waals surface area contributed by atoms with Crippen molar-refractivity contribution in [2.24, 2.45) is 0 Å². The zero-order chi connectivity index (χ0) is 18.2. The lowest BCUT2D eigenvalue weighted by Gasteiger charge is -2.30. The fraction of sp³-hybridized carbons (Fsp3) is 0.300. The number of imidazole rings is 1. The molecule has 4 aromatic rings. The van der Waals surface area contributed by atoms with Crippen LogP contribution in [0.25, 0.3) is 22.1 Å². The molecule has 0 unspecified atom stereocenters. The third kappa shape index (κ3) is 2.85. The summed E-state index contributed by atoms with van der Waals surface area (Å²) in [4.78, 5) is 28.4. The molecule has 1 aliphatic carbocycles. The van der Waals surface area contributed by atoms with Crippen molar-refractivity contribution >= 4 is 28.0 Å². The number of nitrogens with one attached hydrogen (secondary N) is 2. The number of H-pyrrole nitrogens is 1. The number of amides is 1. The van der Waals surface area contributed by atoms with Crippen LogP contribution in [0.4, 0.5) is 0 Å². The topological polar surface area (TPSA) is 88.5 Å². The molecule has 0 aliphatic heterocycles. The number of aromatic amines is 1. The van der Waals surface area contributed by atoms with E-state index >= 15 is 0 Å². The Kier molecular flexibility index (Phi) is 3.85. The summed E-state index contributed by atoms with van der Waals surface area (Å²) in [6.45, 7) is 0. The second-order valence-electron chi connectivity index (χ2n) is 7.10. The van der Waals surface area contributed by atoms with E-state index in [1.54, 1.807) is 24.5 Å². The second kappa shape index (κ2) is 6.50. The summed E-state index contributed by atoms with van der Waals surface area (Å²) in [5.41, 5.74) is 3.62. The molecule has 0 aromatic carbocycles. The molecule has 1 fully saturated rings. The van der Waals surface area contributed by atoms with Gasteiger partial charge in [-0.15, -0.1) is 0 Å². The minimum atomic E-state index is -0.0194. The highest BCUT2D eigenvalue weighted by atomic mass is 16.1. The number of carbonyl (C=O) groups excluding carboxylic acids is 1. The first-order valence-electron chi connectivity index (χ1n) is 9.29. The van der Waals surface area contributed by atoms with Gasteiger partial charge in [0.05, 0.1) is 18.0 Å². The fourth-order valence-electron chi connectivity index (χ4n) is 4.08. The van der Waals surface area contributed by atoms with E-state index in [4.69, 9.17) is 0 Å². The molecular formula is C20H20N6O. The van der Waals surface area contributed by atoms with Crippen LogP contribution in [0.5, 0.6) is 0 Å². The van der Waals surface area contributed by atoms with Crippen molar-refractivity contribution in [1.82, 2.24) is 29.8 Å². The van der Waals surface area contributed by atoms with Crippen LogP contribution in [0, 0.1) is 0 Å². The summed E-state index contributed by atoms with van der Waals surface area (Å²) in [7, 11) is 0. The number of aromatic nitrogens is 5. The quantitative estimate of drug-likeness (QED) is 0.587. The number of rotatable bonds is 3. The molecule has 0 saturated heterocycles. The van der Waals surface area contributed by atoms with Gasteiger partial charge in [-0.25, -0.2) is 9.97 Å². The van der Waals surface area contributed by atoms with Crippen LogP contribution in [0.3, 0.4) is 0 Å². The first-order valence-corrected chi connectivity index (χ1v) is 9.29. The Morgan fingerprint density at radius 2 is 1.93 bits per heavy atom. The lowest BCUT2D eigenvalue weighted by atomic mass is 9.90. The molecule has 1 amide bonds. The summed E-state index contributed by atoms with van der Waals surface area (Å²) in [5.74, 6) is -0.0194. The predicted octanol–water partition coefficient (Wildman–Crippen LogP) is 3.22. The maximum atomic E-state index is 12.4. The molecule has 27 heavy (non-hydrogen) atoms. The zero-order valence-corrected chi connectivity index (χ0v) is 14.8. The Bertz CT molecular complexity index is 1090. The number of pyridine rings is 2. The Balaban J connectivity index is 1.32. The number of nitrogens with zero attached hydrogens (tertiary/aromatic N) is 4. The number of carbonyl (C=O) groups is 1. The summed E-state index contributed by atoms with van der Waals surface area (Å²) in [6.07, 6.45) is 12.9. The van der Waals surface area contributed by atoms with Gasteiger partial charge >= 0.3 is 0 Å². The van der Waals surface area contributed by atoms with Gasteiger partial charge in [-0.2, -0.15) is 0 Å². The molecule has 1 saturated carbocycles. The van der Waals surface area contributed by atoms with E-state index in [0.717, 1.165) is 47.8 Å². The van der Waals surface area contributed by atoms with Crippen LogP contribution in [-0.2, 0) is 0 Å². The van der Waals surface area contributed by atoms with Gasteiger partial charge in [-0.05, 0) is 43.9 Å². The monoisotopic (exact) mass is 360 g/mol. The Morgan fingerprint density at radius 1 is 1.11 bits per heavy atom. The van der Waals surface area contributed by atoms with E-state index in [9.17, 15) is 4.79 Å². The first-order chi connectivity index (χ1) is 13.3. The van der Waals surface area contributed by atoms with Crippen molar-refractivity contribution in [3.8, 4) is 0 Å². The van der Waals surface area contributed by atoms with Crippen LogP contribution < -0.4 is 5.32 Å². The lowest BCUT2D eigenvalue weighted by molar-refractivity contribution is 0.0922. The van der Waals surface area contributed by atoms with E-state index in [1.807, 2.05) is 18.7 Å². The van der Waals surface area contributed by atoms with Gasteiger partial charge in [-0.1, -0.05) is 0 Å². The van der Waals surface area contributed by atoms with E-state index in [-0.39, 0.29) is 11.9 Å². The third-order valence-corrected chi connectivity index (χ3v) is 5.49. The average molecular weight is 360 g/mol. The summed E-state index contributed by atoms with van der Waals surface area (Å²) in [6, 6.07) is 6.16. The fourth-order valence-corrected chi connectivity index (χ4v) is 4.08. The van der Waals surface area contributed by atoms with E-state index in [1.165, 1.54) is 0 Å². The smallest absolute Gasteiger partial charge is 0.251 e. The van der Waals surface area contributed by atoms with Crippen molar-refractivity contribution in [3.05, 3.63) is 54.9 Å². The van der Waals surface area contributed by atoms with Crippen LogP contribution in [0.15, 0.2) is 49.3 Å². The standard InChI is InChI=1S/C20H20N6O/c27-20(13-5-8-21-9-6-13)25-14-1-3-15(4-2-14)26-12-24-17-11-23-19-16(18(17)26)7-10-22-19/h5-12,14-15H,1-4H2,(H,22,23)(H,25,27)/t14-,15-. The summed E-state index contributed by atoms with van der Waals surface area (Å²) >= 11 is 0. The minimum absolute atomic E-state index is 0.0194. The van der Waals surface area contributed by atoms with Crippen molar-refractivity contribution in [2.75, 3.05) is 0 Å². The van der Waals surface area contributed by atoms with E-state index in [2.05, 4.69) is 35.9 Å². The van der Waals surface area contributed by atoms with E-state index in [0.29, 0.717) is 11.6 Å². The van der Waals surface area contributed by atoms with Crippen LogP contribution >= 0.6 is 0 Å². The van der Waals surface area contributed by atoms with Gasteiger partial charge in [0.2, 0.25) is 0 Å². The number of fused-ring (bicyclic) bond motifs is 3. The van der Waals surface area contributed by atoms with Crippen molar-refractivity contribution in [3.63, 3.8) is 0 Å². The third-order valence-electron chi connectivity index (χ3n) is 5.49. The molecule has 4 aromatic heterocycles. The zero-order valence-electron chi connectivity index (χ0n) is 14.8. The Hall–Kier alpha value is -3.22. The molecule has 7 heteroatoms. The van der Waals surface area contributed by atoms with Crippen molar-refractivity contribution < 1.29 is 4.79 Å². The van der Waals surface area contributed by atoms with Gasteiger partial charge in [-0.3, -0.25) is 9.78 Å². The molecule has 0 spiro atoms. The van der Waals surface area contributed by atoms with Crippen LogP contribution in [-0.4, -0.2) is 36.5 Å². The molecule has 0 bridgehead atoms. The summed E-state index contributed by atoms with van der Waals surface area (Å²) < 4.78 is 2.29. The van der Waals surface area contributed by atoms with Crippen LogP contribution in [0.1, 0.15) is 42.1 Å². The Morgan fingerprint density at radius 3 is 2.74 bits per heavy atom. The second-order valence-corrected chi connectivity index (χ2v) is 7.10. The maximum Gasteiger partial charge on any atom is 0.251 e. The van der Waals surface area contributed by atoms with Crippen LogP contribution in [0.2, 0.25) is 0 Å². The average Bonchev–Trinajstić information content (AvgIpc) is 3.35.